The second kappa shape index (κ2) is 4.17. The van der Waals surface area contributed by atoms with Crippen molar-refractivity contribution >= 4 is 16.8 Å². The molecule has 0 saturated heterocycles. The molecule has 0 aromatic heterocycles. The lowest BCUT2D eigenvalue weighted by Gasteiger charge is -2.25. The normalized spacial score (nSPS) is 30.7. The van der Waals surface area contributed by atoms with Gasteiger partial charge >= 0.3 is 0 Å². The molecular formula is C8H11ClF2O. The third-order valence-corrected chi connectivity index (χ3v) is 2.76. The van der Waals surface area contributed by atoms with E-state index in [1.165, 1.54) is 0 Å². The van der Waals surface area contributed by atoms with Gasteiger partial charge in [0.25, 0.3) is 0 Å². The van der Waals surface area contributed by atoms with Gasteiger partial charge in [-0.15, -0.1) is 0 Å². The van der Waals surface area contributed by atoms with Gasteiger partial charge in [0, 0.05) is 11.8 Å². The van der Waals surface area contributed by atoms with Gasteiger partial charge in [-0.3, -0.25) is 4.79 Å². The van der Waals surface area contributed by atoms with Crippen LogP contribution in [0.4, 0.5) is 8.78 Å². The van der Waals surface area contributed by atoms with Crippen LogP contribution in [0.15, 0.2) is 0 Å². The lowest BCUT2D eigenvalue weighted by atomic mass is 9.83. The zero-order valence-corrected chi connectivity index (χ0v) is 7.36. The Bertz CT molecular complexity index is 164. The summed E-state index contributed by atoms with van der Waals surface area (Å²) in [6.07, 6.45) is -0.327. The predicted molar refractivity (Wildman–Crippen MR) is 42.3 cm³/mol. The van der Waals surface area contributed by atoms with Gasteiger partial charge in [0.2, 0.25) is 11.7 Å². The number of rotatable bonds is 2. The summed E-state index contributed by atoms with van der Waals surface area (Å²) in [6, 6.07) is 0. The van der Waals surface area contributed by atoms with E-state index < -0.39 is 12.3 Å². The predicted octanol–water partition coefficient (Wildman–Crippen LogP) is 2.82. The van der Waals surface area contributed by atoms with Crippen LogP contribution in [0.5, 0.6) is 0 Å². The molecule has 1 rings (SSSR count). The lowest BCUT2D eigenvalue weighted by Crippen LogP contribution is -2.22. The molecule has 0 N–H and O–H groups in total. The number of halogens is 3. The molecule has 4 heteroatoms. The van der Waals surface area contributed by atoms with Crippen LogP contribution >= 0.6 is 11.6 Å². The van der Waals surface area contributed by atoms with Crippen molar-refractivity contribution in [2.24, 2.45) is 11.8 Å². The highest BCUT2D eigenvalue weighted by molar-refractivity contribution is 6.63. The molecule has 1 aliphatic rings. The van der Waals surface area contributed by atoms with Gasteiger partial charge in [0.1, 0.15) is 0 Å². The molecule has 1 saturated carbocycles. The Morgan fingerprint density at radius 1 is 1.25 bits per heavy atom. The minimum Gasteiger partial charge on any atom is -0.281 e. The zero-order chi connectivity index (χ0) is 9.14. The van der Waals surface area contributed by atoms with Crippen molar-refractivity contribution in [3.63, 3.8) is 0 Å². The molecule has 0 aromatic carbocycles. The van der Waals surface area contributed by atoms with Crippen LogP contribution in [0.1, 0.15) is 25.7 Å². The van der Waals surface area contributed by atoms with Gasteiger partial charge in [-0.1, -0.05) is 0 Å². The van der Waals surface area contributed by atoms with Gasteiger partial charge in [-0.2, -0.15) is 0 Å². The molecule has 0 amide bonds. The second-order valence-corrected chi connectivity index (χ2v) is 3.62. The summed E-state index contributed by atoms with van der Waals surface area (Å²) in [6.45, 7) is 0. The fourth-order valence-electron chi connectivity index (χ4n) is 1.60. The van der Waals surface area contributed by atoms with Crippen molar-refractivity contribution in [2.45, 2.75) is 32.1 Å². The quantitative estimate of drug-likeness (QED) is 0.621. The molecule has 1 aliphatic carbocycles. The van der Waals surface area contributed by atoms with E-state index in [2.05, 4.69) is 0 Å². The van der Waals surface area contributed by atoms with Gasteiger partial charge in [0.05, 0.1) is 0 Å². The van der Waals surface area contributed by atoms with Crippen LogP contribution in [0.2, 0.25) is 0 Å². The first-order chi connectivity index (χ1) is 5.61. The highest BCUT2D eigenvalue weighted by Gasteiger charge is 2.29. The van der Waals surface area contributed by atoms with Crippen LogP contribution in [-0.4, -0.2) is 11.7 Å². The monoisotopic (exact) mass is 196 g/mol. The van der Waals surface area contributed by atoms with Crippen molar-refractivity contribution in [3.8, 4) is 0 Å². The molecule has 0 aliphatic heterocycles. The first-order valence-electron chi connectivity index (χ1n) is 4.08. The number of hydrogen-bond donors (Lipinski definition) is 0. The number of alkyl halides is 2. The molecular weight excluding hydrogens is 186 g/mol. The zero-order valence-electron chi connectivity index (χ0n) is 6.60. The maximum Gasteiger partial charge on any atom is 0.241 e. The summed E-state index contributed by atoms with van der Waals surface area (Å²) < 4.78 is 24.3. The Kier molecular flexibility index (Phi) is 3.44. The SMILES string of the molecule is O=C(Cl)[C@H]1CC[C@H](C(F)F)CC1. The highest BCUT2D eigenvalue weighted by atomic mass is 35.5. The van der Waals surface area contributed by atoms with Crippen molar-refractivity contribution in [1.29, 1.82) is 0 Å². The minimum absolute atomic E-state index is 0.179. The van der Waals surface area contributed by atoms with E-state index in [0.717, 1.165) is 0 Å². The minimum atomic E-state index is -2.24. The van der Waals surface area contributed by atoms with Crippen molar-refractivity contribution in [2.75, 3.05) is 0 Å². The maximum atomic E-state index is 12.1. The summed E-state index contributed by atoms with van der Waals surface area (Å²) in [5.41, 5.74) is 0. The summed E-state index contributed by atoms with van der Waals surface area (Å²) in [5.74, 6) is -0.695. The Balaban J connectivity index is 2.34. The smallest absolute Gasteiger partial charge is 0.241 e. The molecule has 0 atom stereocenters. The molecule has 1 fully saturated rings. The van der Waals surface area contributed by atoms with E-state index in [1.807, 2.05) is 0 Å². The van der Waals surface area contributed by atoms with Crippen LogP contribution < -0.4 is 0 Å². The average Bonchev–Trinajstić information content (AvgIpc) is 2.04. The van der Waals surface area contributed by atoms with E-state index in [-0.39, 0.29) is 11.2 Å². The fraction of sp³-hybridized carbons (Fsp3) is 0.875. The maximum absolute atomic E-state index is 12.1. The van der Waals surface area contributed by atoms with Crippen molar-refractivity contribution in [1.82, 2.24) is 0 Å². The Morgan fingerprint density at radius 3 is 2.08 bits per heavy atom. The second-order valence-electron chi connectivity index (χ2n) is 3.25. The Labute approximate surface area is 75.1 Å². The first kappa shape index (κ1) is 9.90. The first-order valence-corrected chi connectivity index (χ1v) is 4.46. The number of carbonyl (C=O) groups is 1. The van der Waals surface area contributed by atoms with Gasteiger partial charge in [0.15, 0.2) is 0 Å². The van der Waals surface area contributed by atoms with Crippen LogP contribution in [0, 0.1) is 11.8 Å². The molecule has 0 heterocycles. The average molecular weight is 197 g/mol. The third kappa shape index (κ3) is 2.41. The molecule has 70 valence electrons. The summed E-state index contributed by atoms with van der Waals surface area (Å²) in [7, 11) is 0. The fourth-order valence-corrected chi connectivity index (χ4v) is 1.82. The number of carbonyl (C=O) groups excluding carboxylic acids is 1. The van der Waals surface area contributed by atoms with Crippen LogP contribution in [0.25, 0.3) is 0 Å². The molecule has 0 unspecified atom stereocenters. The van der Waals surface area contributed by atoms with Crippen LogP contribution in [-0.2, 0) is 4.79 Å². The van der Waals surface area contributed by atoms with Crippen LogP contribution in [0.3, 0.4) is 0 Å². The molecule has 12 heavy (non-hydrogen) atoms. The molecule has 0 spiro atoms. The third-order valence-electron chi connectivity index (χ3n) is 2.45. The molecule has 0 radical (unpaired) electrons. The number of hydrogen-bond acceptors (Lipinski definition) is 1. The van der Waals surface area contributed by atoms with E-state index in [9.17, 15) is 13.6 Å². The van der Waals surface area contributed by atoms with E-state index in [4.69, 9.17) is 11.6 Å². The molecule has 0 bridgehead atoms. The summed E-state index contributed by atoms with van der Waals surface area (Å²) in [5, 5.41) is -0.372. The van der Waals surface area contributed by atoms with E-state index >= 15 is 0 Å². The summed E-state index contributed by atoms with van der Waals surface area (Å²) >= 11 is 5.26. The highest BCUT2D eigenvalue weighted by Crippen LogP contribution is 2.33. The lowest BCUT2D eigenvalue weighted by molar-refractivity contribution is -0.116. The van der Waals surface area contributed by atoms with Crippen molar-refractivity contribution < 1.29 is 13.6 Å². The molecule has 1 nitrogen and oxygen atoms in total. The molecule has 0 aromatic rings. The Morgan fingerprint density at radius 2 is 1.75 bits per heavy atom. The van der Waals surface area contributed by atoms with Gasteiger partial charge < -0.3 is 0 Å². The van der Waals surface area contributed by atoms with E-state index in [1.54, 1.807) is 0 Å². The standard InChI is InChI=1S/C8H11ClF2O/c9-7(12)5-1-3-6(4-2-5)8(10)11/h5-6,8H,1-4H2/t5-,6-. The topological polar surface area (TPSA) is 17.1 Å². The van der Waals surface area contributed by atoms with Gasteiger partial charge in [-0.05, 0) is 37.3 Å². The largest absolute Gasteiger partial charge is 0.281 e. The summed E-state index contributed by atoms with van der Waals surface area (Å²) in [4.78, 5) is 10.7. The Hall–Kier alpha value is -0.180. The van der Waals surface area contributed by atoms with Gasteiger partial charge in [-0.25, -0.2) is 8.78 Å². The van der Waals surface area contributed by atoms with Crippen molar-refractivity contribution in [3.05, 3.63) is 0 Å². The van der Waals surface area contributed by atoms with E-state index in [0.29, 0.717) is 25.7 Å².